The number of nitrogens with two attached hydrogens (primary N) is 1. The zero-order chi connectivity index (χ0) is 21.3. The maximum atomic E-state index is 12.1. The first-order valence-electron chi connectivity index (χ1n) is 9.21. The Balaban J connectivity index is 1.70. The molecule has 1 aliphatic heterocycles. The van der Waals surface area contributed by atoms with Gasteiger partial charge in [0, 0.05) is 24.5 Å². The molecule has 0 bridgehead atoms. The number of aromatic nitrogens is 5. The van der Waals surface area contributed by atoms with Crippen molar-refractivity contribution in [1.82, 2.24) is 29.8 Å². The molecule has 11 heteroatoms. The minimum Gasteiger partial charge on any atom is -0.387 e. The van der Waals surface area contributed by atoms with Gasteiger partial charge in [0.1, 0.15) is 17.7 Å². The minimum absolute atomic E-state index is 0.0996. The largest absolute Gasteiger partial charge is 0.387 e. The van der Waals surface area contributed by atoms with Crippen molar-refractivity contribution < 1.29 is 19.7 Å². The Kier molecular flexibility index (Phi) is 5.28. The van der Waals surface area contributed by atoms with E-state index >= 15 is 0 Å². The number of fused-ring (bicyclic) bond motifs is 1. The molecule has 0 aromatic carbocycles. The number of rotatable bonds is 3. The summed E-state index contributed by atoms with van der Waals surface area (Å²) in [5.74, 6) is 5.42. The highest BCUT2D eigenvalue weighted by molar-refractivity contribution is 5.83. The van der Waals surface area contributed by atoms with Gasteiger partial charge in [0.05, 0.1) is 6.33 Å². The first-order valence-corrected chi connectivity index (χ1v) is 9.21. The maximum absolute atomic E-state index is 12.1. The van der Waals surface area contributed by atoms with Gasteiger partial charge in [0.25, 0.3) is 5.91 Å². The van der Waals surface area contributed by atoms with Gasteiger partial charge < -0.3 is 26.0 Å². The standard InChI is InChI=1S/C19H19N7O4/c1-2-22-18(29)15-13(27)14(28)19(30-15)26-9-23-12-16(20)24-11(25-17(12)26)6-5-10-4-3-7-21-8-10/h3-4,7-9,13-15,19,27-28H,2H2,1H3,(H,22,29)(H2,20,24,25). The van der Waals surface area contributed by atoms with Crippen LogP contribution in [0.15, 0.2) is 30.9 Å². The lowest BCUT2D eigenvalue weighted by molar-refractivity contribution is -0.137. The Morgan fingerprint density at radius 1 is 1.33 bits per heavy atom. The van der Waals surface area contributed by atoms with E-state index in [1.807, 2.05) is 0 Å². The summed E-state index contributed by atoms with van der Waals surface area (Å²) in [5, 5.41) is 23.3. The van der Waals surface area contributed by atoms with Crippen LogP contribution in [0.2, 0.25) is 0 Å². The minimum atomic E-state index is -1.41. The van der Waals surface area contributed by atoms with Crippen LogP contribution in [-0.2, 0) is 9.53 Å². The third-order valence-electron chi connectivity index (χ3n) is 4.55. The van der Waals surface area contributed by atoms with E-state index in [2.05, 4.69) is 37.1 Å². The number of likely N-dealkylation sites (N-methyl/N-ethyl adjacent to an activating group) is 1. The van der Waals surface area contributed by atoms with Gasteiger partial charge in [-0.2, -0.15) is 0 Å². The number of nitrogens with one attached hydrogen (secondary N) is 1. The zero-order valence-electron chi connectivity index (χ0n) is 15.9. The van der Waals surface area contributed by atoms with E-state index in [4.69, 9.17) is 10.5 Å². The van der Waals surface area contributed by atoms with Crippen LogP contribution < -0.4 is 11.1 Å². The molecule has 5 N–H and O–H groups in total. The van der Waals surface area contributed by atoms with Crippen LogP contribution >= 0.6 is 0 Å². The molecule has 3 aromatic heterocycles. The number of hydrogen-bond donors (Lipinski definition) is 4. The van der Waals surface area contributed by atoms with Crippen molar-refractivity contribution in [3.05, 3.63) is 42.2 Å². The third kappa shape index (κ3) is 3.55. The number of carbonyl (C=O) groups is 1. The quantitative estimate of drug-likeness (QED) is 0.396. The lowest BCUT2D eigenvalue weighted by Gasteiger charge is -2.16. The fraction of sp³-hybridized carbons (Fsp3) is 0.316. The highest BCUT2D eigenvalue weighted by Gasteiger charge is 2.47. The molecule has 3 aromatic rings. The predicted octanol–water partition coefficient (Wildman–Crippen LogP) is -1.04. The molecule has 0 saturated carbocycles. The fourth-order valence-corrected chi connectivity index (χ4v) is 3.13. The highest BCUT2D eigenvalue weighted by atomic mass is 16.6. The molecular weight excluding hydrogens is 390 g/mol. The number of amides is 1. The molecule has 11 nitrogen and oxygen atoms in total. The Hall–Kier alpha value is -3.59. The number of hydrogen-bond acceptors (Lipinski definition) is 9. The summed E-state index contributed by atoms with van der Waals surface area (Å²) in [5.41, 5.74) is 7.21. The summed E-state index contributed by atoms with van der Waals surface area (Å²) in [6, 6.07) is 3.55. The molecule has 0 radical (unpaired) electrons. The first kappa shape index (κ1) is 19.7. The number of imidazole rings is 1. The van der Waals surface area contributed by atoms with Gasteiger partial charge in [-0.3, -0.25) is 14.3 Å². The number of nitrogens with zero attached hydrogens (tertiary/aromatic N) is 5. The Morgan fingerprint density at radius 3 is 2.90 bits per heavy atom. The van der Waals surface area contributed by atoms with E-state index in [0.717, 1.165) is 0 Å². The molecule has 0 spiro atoms. The summed E-state index contributed by atoms with van der Waals surface area (Å²) < 4.78 is 7.03. The van der Waals surface area contributed by atoms with Gasteiger partial charge in [0.15, 0.2) is 23.8 Å². The Morgan fingerprint density at radius 2 is 2.17 bits per heavy atom. The van der Waals surface area contributed by atoms with E-state index in [1.165, 1.54) is 10.9 Å². The number of nitrogen functional groups attached to an aromatic ring is 1. The monoisotopic (exact) mass is 409 g/mol. The molecule has 4 atom stereocenters. The van der Waals surface area contributed by atoms with E-state index in [1.54, 1.807) is 31.5 Å². The van der Waals surface area contributed by atoms with Gasteiger partial charge in [0.2, 0.25) is 5.82 Å². The zero-order valence-corrected chi connectivity index (χ0v) is 15.9. The number of ether oxygens (including phenoxy) is 1. The van der Waals surface area contributed by atoms with Crippen molar-refractivity contribution in [1.29, 1.82) is 0 Å². The van der Waals surface area contributed by atoms with Crippen LogP contribution in [0.4, 0.5) is 5.82 Å². The van der Waals surface area contributed by atoms with Crippen molar-refractivity contribution in [2.75, 3.05) is 12.3 Å². The molecule has 4 rings (SSSR count). The normalized spacial score (nSPS) is 23.2. The molecule has 1 aliphatic rings. The number of aliphatic hydroxyl groups excluding tert-OH is 2. The SMILES string of the molecule is CCNC(=O)C1OC(n2cnc3c(N)nc(C#Cc4cccnc4)nc32)C(O)C1O. The lowest BCUT2D eigenvalue weighted by atomic mass is 10.1. The molecular formula is C19H19N7O4. The predicted molar refractivity (Wildman–Crippen MR) is 105 cm³/mol. The first-order chi connectivity index (χ1) is 14.5. The van der Waals surface area contributed by atoms with Crippen LogP contribution in [0.3, 0.4) is 0 Å². The third-order valence-corrected chi connectivity index (χ3v) is 4.55. The molecule has 4 heterocycles. The van der Waals surface area contributed by atoms with E-state index in [9.17, 15) is 15.0 Å². The summed E-state index contributed by atoms with van der Waals surface area (Å²) in [4.78, 5) is 28.8. The van der Waals surface area contributed by atoms with Crippen LogP contribution in [-0.4, -0.2) is 65.5 Å². The molecule has 1 fully saturated rings. The number of aliphatic hydroxyl groups is 2. The van der Waals surface area contributed by atoms with Gasteiger partial charge in [-0.25, -0.2) is 15.0 Å². The fourth-order valence-electron chi connectivity index (χ4n) is 3.13. The van der Waals surface area contributed by atoms with Crippen molar-refractivity contribution in [2.24, 2.45) is 0 Å². The lowest BCUT2D eigenvalue weighted by Crippen LogP contribution is -2.42. The van der Waals surface area contributed by atoms with Crippen LogP contribution in [0.25, 0.3) is 11.2 Å². The van der Waals surface area contributed by atoms with Crippen molar-refractivity contribution in [3.8, 4) is 11.8 Å². The summed E-state index contributed by atoms with van der Waals surface area (Å²) in [7, 11) is 0. The summed E-state index contributed by atoms with van der Waals surface area (Å²) in [6.45, 7) is 2.10. The van der Waals surface area contributed by atoms with Gasteiger partial charge in [-0.15, -0.1) is 0 Å². The molecule has 4 unspecified atom stereocenters. The second-order valence-corrected chi connectivity index (χ2v) is 6.57. The summed E-state index contributed by atoms with van der Waals surface area (Å²) in [6.07, 6.45) is -0.518. The number of pyridine rings is 1. The van der Waals surface area contributed by atoms with Crippen molar-refractivity contribution >= 4 is 22.9 Å². The van der Waals surface area contributed by atoms with E-state index in [0.29, 0.717) is 12.1 Å². The average Bonchev–Trinajstić information content (AvgIpc) is 3.29. The van der Waals surface area contributed by atoms with E-state index in [-0.39, 0.29) is 22.8 Å². The maximum Gasteiger partial charge on any atom is 0.252 e. The van der Waals surface area contributed by atoms with Crippen molar-refractivity contribution in [3.63, 3.8) is 0 Å². The topological polar surface area (TPSA) is 161 Å². The van der Waals surface area contributed by atoms with Gasteiger partial charge >= 0.3 is 0 Å². The summed E-state index contributed by atoms with van der Waals surface area (Å²) >= 11 is 0. The molecule has 1 amide bonds. The molecule has 154 valence electrons. The molecule has 1 saturated heterocycles. The highest BCUT2D eigenvalue weighted by Crippen LogP contribution is 2.32. The van der Waals surface area contributed by atoms with E-state index < -0.39 is 30.4 Å². The van der Waals surface area contributed by atoms with Gasteiger partial charge in [-0.05, 0) is 25.0 Å². The molecule has 0 aliphatic carbocycles. The number of anilines is 1. The second kappa shape index (κ2) is 8.03. The van der Waals surface area contributed by atoms with Crippen LogP contribution in [0.5, 0.6) is 0 Å². The van der Waals surface area contributed by atoms with Gasteiger partial charge in [-0.1, -0.05) is 5.92 Å². The molecule has 30 heavy (non-hydrogen) atoms. The van der Waals surface area contributed by atoms with Crippen LogP contribution in [0.1, 0.15) is 24.5 Å². The smallest absolute Gasteiger partial charge is 0.252 e. The number of carbonyl (C=O) groups excluding carboxylic acids is 1. The van der Waals surface area contributed by atoms with Crippen LogP contribution in [0, 0.1) is 11.8 Å². The second-order valence-electron chi connectivity index (χ2n) is 6.57. The Labute approximate surface area is 170 Å². The van der Waals surface area contributed by atoms with Crippen molar-refractivity contribution in [2.45, 2.75) is 31.5 Å². The average molecular weight is 409 g/mol. The Bertz CT molecular complexity index is 1140.